The molecule has 4 rings (SSSR count). The fourth-order valence-corrected chi connectivity index (χ4v) is 5.71. The van der Waals surface area contributed by atoms with Gasteiger partial charge >= 0.3 is 6.09 Å². The number of carbonyl (C=O) groups is 2. The van der Waals surface area contributed by atoms with Crippen molar-refractivity contribution in [3.05, 3.63) is 83.6 Å². The molecule has 2 atom stereocenters. The van der Waals surface area contributed by atoms with Crippen LogP contribution in [0.4, 0.5) is 10.5 Å². The Kier molecular flexibility index (Phi) is 7.86. The maximum atomic E-state index is 13.1. The second kappa shape index (κ2) is 11.0. The van der Waals surface area contributed by atoms with Crippen LogP contribution in [0.5, 0.6) is 0 Å². The summed E-state index contributed by atoms with van der Waals surface area (Å²) >= 11 is 0. The molecule has 2 aromatic carbocycles. The van der Waals surface area contributed by atoms with Gasteiger partial charge in [-0.2, -0.15) is 10.1 Å². The van der Waals surface area contributed by atoms with Gasteiger partial charge in [0, 0.05) is 37.6 Å². The van der Waals surface area contributed by atoms with Crippen molar-refractivity contribution in [3.63, 3.8) is 0 Å². The second-order valence-electron chi connectivity index (χ2n) is 11.3. The highest BCUT2D eigenvalue weighted by Crippen LogP contribution is 2.33. The largest absolute Gasteiger partial charge is 0.514 e. The van der Waals surface area contributed by atoms with E-state index in [4.69, 9.17) is 0 Å². The Bertz CT molecular complexity index is 1390. The summed E-state index contributed by atoms with van der Waals surface area (Å²) < 4.78 is 0.0655. The highest BCUT2D eigenvalue weighted by atomic mass is 16.4. The molecule has 8 nitrogen and oxygen atoms in total. The molecule has 1 saturated heterocycles. The summed E-state index contributed by atoms with van der Waals surface area (Å²) in [5, 5.41) is 19.4. The Morgan fingerprint density at radius 2 is 1.82 bits per heavy atom. The molecule has 0 aliphatic carbocycles. The van der Waals surface area contributed by atoms with E-state index in [1.807, 2.05) is 70.2 Å². The number of hydrogen-bond donors (Lipinski definition) is 1. The molecule has 1 fully saturated rings. The van der Waals surface area contributed by atoms with Crippen LogP contribution < -0.4 is 4.90 Å². The van der Waals surface area contributed by atoms with E-state index in [1.54, 1.807) is 36.3 Å². The van der Waals surface area contributed by atoms with Gasteiger partial charge in [0.2, 0.25) is 0 Å². The van der Waals surface area contributed by atoms with E-state index in [0.29, 0.717) is 36.5 Å². The Labute approximate surface area is 230 Å². The molecule has 0 radical (unpaired) electrons. The molecule has 1 aliphatic rings. The monoisotopic (exact) mass is 526 g/mol. The van der Waals surface area contributed by atoms with Crippen LogP contribution in [0.15, 0.2) is 66.9 Å². The van der Waals surface area contributed by atoms with Crippen molar-refractivity contribution in [1.29, 1.82) is 5.26 Å². The Morgan fingerprint density at radius 3 is 2.38 bits per heavy atom. The number of carboxylic acid groups (broad SMARTS) is 1. The molecule has 0 saturated carbocycles. The molecule has 2 amide bonds. The zero-order chi connectivity index (χ0) is 28.4. The number of rotatable bonds is 5. The number of anilines is 1. The maximum absolute atomic E-state index is 13.1. The van der Waals surface area contributed by atoms with E-state index >= 15 is 0 Å². The Balaban J connectivity index is 1.41. The van der Waals surface area contributed by atoms with Crippen molar-refractivity contribution in [2.45, 2.75) is 45.8 Å². The molecule has 1 unspecified atom stereocenters. The first-order chi connectivity index (χ1) is 18.5. The quantitative estimate of drug-likeness (QED) is 0.448. The number of benzene rings is 2. The topological polar surface area (TPSA) is 97.5 Å². The number of quaternary nitrogens is 1. The van der Waals surface area contributed by atoms with Crippen LogP contribution in [0.3, 0.4) is 0 Å². The molecule has 39 heavy (non-hydrogen) atoms. The Morgan fingerprint density at radius 1 is 1.13 bits per heavy atom. The third kappa shape index (κ3) is 5.42. The average Bonchev–Trinajstić information content (AvgIpc) is 2.92. The summed E-state index contributed by atoms with van der Waals surface area (Å²) in [5.41, 5.74) is 3.87. The molecule has 1 N–H and O–H groups in total. The van der Waals surface area contributed by atoms with Crippen molar-refractivity contribution in [2.75, 3.05) is 31.6 Å². The van der Waals surface area contributed by atoms with Crippen molar-refractivity contribution < 1.29 is 19.2 Å². The minimum absolute atomic E-state index is 0.0346. The van der Waals surface area contributed by atoms with Gasteiger partial charge in [-0.3, -0.25) is 14.7 Å². The first-order valence-electron chi connectivity index (χ1n) is 13.1. The normalized spacial score (nSPS) is 19.7. The molecular weight excluding hydrogens is 490 g/mol. The second-order valence-corrected chi connectivity index (χ2v) is 11.3. The van der Waals surface area contributed by atoms with E-state index < -0.39 is 6.09 Å². The van der Waals surface area contributed by atoms with E-state index in [0.717, 1.165) is 23.4 Å². The van der Waals surface area contributed by atoms with Gasteiger partial charge in [-0.25, -0.2) is 4.48 Å². The van der Waals surface area contributed by atoms with Gasteiger partial charge in [-0.15, -0.1) is 0 Å². The van der Waals surface area contributed by atoms with Gasteiger partial charge in [-0.05, 0) is 63.6 Å². The van der Waals surface area contributed by atoms with Crippen molar-refractivity contribution in [3.8, 4) is 17.3 Å². The van der Waals surface area contributed by atoms with Crippen LogP contribution in [0, 0.1) is 11.3 Å². The molecular formula is C31H36N5O3+. The zero-order valence-corrected chi connectivity index (χ0v) is 23.3. The standard InChI is InChI=1S/C31H35N5O3/c1-22-20-35(16-17-36(22,30(38)39)31(2,3)4)21-23-10-13-26(14-11-23)34(5)29(37)25-12-15-28(33-19-25)27-9-7-6-8-24(27)18-32/h6-15,19,22H,16-17,20-21H2,1-5H3/p+1/t22-,36?/m0/s1. The lowest BCUT2D eigenvalue weighted by Gasteiger charge is -2.52. The summed E-state index contributed by atoms with van der Waals surface area (Å²) in [6.45, 7) is 10.7. The van der Waals surface area contributed by atoms with Crippen LogP contribution in [0.1, 0.15) is 49.2 Å². The Hall–Kier alpha value is -4.06. The number of carbonyl (C=O) groups excluding carboxylic acids is 1. The fourth-order valence-electron chi connectivity index (χ4n) is 5.71. The van der Waals surface area contributed by atoms with Gasteiger partial charge in [0.15, 0.2) is 0 Å². The third-order valence-electron chi connectivity index (χ3n) is 7.95. The summed E-state index contributed by atoms with van der Waals surface area (Å²) in [6.07, 6.45) is 0.782. The predicted octanol–water partition coefficient (Wildman–Crippen LogP) is 5.39. The van der Waals surface area contributed by atoms with E-state index in [2.05, 4.69) is 16.0 Å². The van der Waals surface area contributed by atoms with Crippen molar-refractivity contribution >= 4 is 17.7 Å². The lowest BCUT2D eigenvalue weighted by molar-refractivity contribution is -0.929. The van der Waals surface area contributed by atoms with Crippen LogP contribution in [-0.4, -0.2) is 69.7 Å². The van der Waals surface area contributed by atoms with Crippen LogP contribution in [-0.2, 0) is 6.54 Å². The summed E-state index contributed by atoms with van der Waals surface area (Å²) in [7, 11) is 1.73. The molecule has 2 heterocycles. The number of aromatic nitrogens is 1. The van der Waals surface area contributed by atoms with E-state index in [-0.39, 0.29) is 22.0 Å². The lowest BCUT2D eigenvalue weighted by atomic mass is 9.95. The average molecular weight is 527 g/mol. The van der Waals surface area contributed by atoms with Crippen molar-refractivity contribution in [2.24, 2.45) is 0 Å². The minimum atomic E-state index is -0.761. The van der Waals surface area contributed by atoms with E-state index in [1.165, 1.54) is 0 Å². The summed E-state index contributed by atoms with van der Waals surface area (Å²) in [6, 6.07) is 20.8. The molecule has 3 aromatic rings. The van der Waals surface area contributed by atoms with Gasteiger partial charge in [-0.1, -0.05) is 30.3 Å². The number of nitriles is 1. The molecule has 0 bridgehead atoms. The molecule has 8 heteroatoms. The highest BCUT2D eigenvalue weighted by Gasteiger charge is 2.54. The van der Waals surface area contributed by atoms with Crippen LogP contribution in [0.25, 0.3) is 11.3 Å². The first-order valence-corrected chi connectivity index (χ1v) is 13.1. The van der Waals surface area contributed by atoms with Crippen molar-refractivity contribution in [1.82, 2.24) is 9.88 Å². The number of hydrogen-bond acceptors (Lipinski definition) is 5. The zero-order valence-electron chi connectivity index (χ0n) is 23.3. The van der Waals surface area contributed by atoms with Gasteiger partial charge in [0.25, 0.3) is 5.91 Å². The molecule has 202 valence electrons. The first kappa shape index (κ1) is 28.0. The van der Waals surface area contributed by atoms with Crippen LogP contribution in [0.2, 0.25) is 0 Å². The third-order valence-corrected chi connectivity index (χ3v) is 7.95. The fraction of sp³-hybridized carbons (Fsp3) is 0.355. The number of nitrogens with zero attached hydrogens (tertiary/aromatic N) is 5. The maximum Gasteiger partial charge on any atom is 0.514 e. The molecule has 0 spiro atoms. The smallest absolute Gasteiger partial charge is 0.435 e. The van der Waals surface area contributed by atoms with Gasteiger partial charge in [0.05, 0.1) is 29.4 Å². The minimum Gasteiger partial charge on any atom is -0.435 e. The number of pyridine rings is 1. The van der Waals surface area contributed by atoms with E-state index in [9.17, 15) is 20.0 Å². The van der Waals surface area contributed by atoms with Crippen LogP contribution >= 0.6 is 0 Å². The SMILES string of the molecule is C[C@H]1CN(Cc2ccc(N(C)C(=O)c3ccc(-c4ccccc4C#N)nc3)cc2)CC[N+]1(C(=O)O)C(C)(C)C. The van der Waals surface area contributed by atoms with Gasteiger partial charge < -0.3 is 10.0 Å². The predicted molar refractivity (Wildman–Crippen MR) is 151 cm³/mol. The molecule has 1 aliphatic heterocycles. The lowest BCUT2D eigenvalue weighted by Crippen LogP contribution is -2.73. The number of amides is 2. The summed E-state index contributed by atoms with van der Waals surface area (Å²) in [4.78, 5) is 33.7. The van der Waals surface area contributed by atoms with Gasteiger partial charge in [0.1, 0.15) is 18.1 Å². The summed E-state index contributed by atoms with van der Waals surface area (Å²) in [5.74, 6) is -0.176. The number of piperazine rings is 1. The molecule has 1 aromatic heterocycles. The highest BCUT2D eigenvalue weighted by molar-refractivity contribution is 6.05.